The molecular formula is C25H41BrCl2N8. The van der Waals surface area contributed by atoms with Crippen molar-refractivity contribution in [3.05, 3.63) is 55.9 Å². The number of nitrogens with two attached hydrogens (primary N) is 2. The molecule has 202 valence electrons. The van der Waals surface area contributed by atoms with Crippen LogP contribution in [0.4, 0.5) is 23.0 Å². The van der Waals surface area contributed by atoms with Crippen molar-refractivity contribution in [2.24, 2.45) is 21.7 Å². The molecule has 1 aromatic carbocycles. The molecule has 36 heavy (non-hydrogen) atoms. The summed E-state index contributed by atoms with van der Waals surface area (Å²) in [7, 11) is 0. The van der Waals surface area contributed by atoms with Crippen molar-refractivity contribution in [3.63, 3.8) is 0 Å². The predicted molar refractivity (Wildman–Crippen MR) is 151 cm³/mol. The first-order valence-corrected chi connectivity index (χ1v) is 12.0. The minimum Gasteiger partial charge on any atom is -1.00 e. The van der Waals surface area contributed by atoms with Gasteiger partial charge >= 0.3 is 5.95 Å². The van der Waals surface area contributed by atoms with Crippen molar-refractivity contribution in [3.8, 4) is 0 Å². The van der Waals surface area contributed by atoms with Crippen molar-refractivity contribution in [2.45, 2.75) is 38.8 Å². The second-order valence-corrected chi connectivity index (χ2v) is 8.32. The Labute approximate surface area is 238 Å². The number of aryl methyl sites for hydroxylation is 2. The molecule has 2 heterocycles. The van der Waals surface area contributed by atoms with Gasteiger partial charge in [0.1, 0.15) is 5.69 Å². The van der Waals surface area contributed by atoms with Gasteiger partial charge in [0.2, 0.25) is 0 Å². The number of azo groups is 1. The SMILES string of the molecule is C=CCN1CCN(CC=C)c2cc(N=Nc3n(CCCCN)cc[n+]3CCCCN)ccc21.Cl.Cl.[Br-]. The van der Waals surface area contributed by atoms with Crippen molar-refractivity contribution < 1.29 is 21.5 Å². The first kappa shape index (κ1) is 34.1. The van der Waals surface area contributed by atoms with E-state index in [2.05, 4.69) is 66.8 Å². The van der Waals surface area contributed by atoms with Crippen LogP contribution in [-0.2, 0) is 13.1 Å². The van der Waals surface area contributed by atoms with Crippen LogP contribution in [0.5, 0.6) is 0 Å². The lowest BCUT2D eigenvalue weighted by molar-refractivity contribution is -0.684. The Morgan fingerprint density at radius 3 is 2.17 bits per heavy atom. The first-order valence-electron chi connectivity index (χ1n) is 12.0. The summed E-state index contributed by atoms with van der Waals surface area (Å²) < 4.78 is 4.33. The van der Waals surface area contributed by atoms with E-state index >= 15 is 0 Å². The number of nitrogens with zero attached hydrogens (tertiary/aromatic N) is 6. The van der Waals surface area contributed by atoms with Crippen LogP contribution in [0, 0.1) is 0 Å². The summed E-state index contributed by atoms with van der Waals surface area (Å²) in [5.41, 5.74) is 14.6. The smallest absolute Gasteiger partial charge is 0.421 e. The third-order valence-corrected chi connectivity index (χ3v) is 5.88. The maximum absolute atomic E-state index is 5.68. The maximum atomic E-state index is 5.68. The quantitative estimate of drug-likeness (QED) is 0.148. The molecule has 0 atom stereocenters. The Hall–Kier alpha value is -1.91. The zero-order chi connectivity index (χ0) is 23.5. The van der Waals surface area contributed by atoms with E-state index in [1.807, 2.05) is 18.2 Å². The van der Waals surface area contributed by atoms with Crippen LogP contribution >= 0.6 is 24.8 Å². The van der Waals surface area contributed by atoms with Gasteiger partial charge in [0, 0.05) is 31.3 Å². The predicted octanol–water partition coefficient (Wildman–Crippen LogP) is 1.51. The Bertz CT molecular complexity index is 923. The van der Waals surface area contributed by atoms with Crippen molar-refractivity contribution in [1.29, 1.82) is 0 Å². The van der Waals surface area contributed by atoms with Gasteiger partial charge in [-0.15, -0.1) is 38.0 Å². The van der Waals surface area contributed by atoms with Gasteiger partial charge in [0.15, 0.2) is 0 Å². The van der Waals surface area contributed by atoms with E-state index in [1.165, 1.54) is 5.69 Å². The highest BCUT2D eigenvalue weighted by molar-refractivity contribution is 5.85. The van der Waals surface area contributed by atoms with E-state index in [0.717, 1.165) is 82.3 Å². The fourth-order valence-corrected chi connectivity index (χ4v) is 4.15. The Morgan fingerprint density at radius 2 is 1.53 bits per heavy atom. The van der Waals surface area contributed by atoms with Gasteiger partial charge in [0.05, 0.1) is 36.9 Å². The molecule has 0 radical (unpaired) electrons. The average Bonchev–Trinajstić information content (AvgIpc) is 3.21. The third-order valence-electron chi connectivity index (χ3n) is 5.88. The molecule has 1 aliphatic rings. The largest absolute Gasteiger partial charge is 1.00 e. The van der Waals surface area contributed by atoms with E-state index in [9.17, 15) is 0 Å². The molecule has 0 spiro atoms. The van der Waals surface area contributed by atoms with Gasteiger partial charge in [0.25, 0.3) is 0 Å². The molecule has 11 heteroatoms. The molecule has 2 aromatic rings. The second-order valence-electron chi connectivity index (χ2n) is 8.32. The molecule has 0 aliphatic carbocycles. The number of anilines is 2. The summed E-state index contributed by atoms with van der Waals surface area (Å²) in [6.07, 6.45) is 12.1. The summed E-state index contributed by atoms with van der Waals surface area (Å²) in [4.78, 5) is 4.68. The average molecular weight is 604 g/mol. The van der Waals surface area contributed by atoms with E-state index in [4.69, 9.17) is 11.5 Å². The zero-order valence-electron chi connectivity index (χ0n) is 21.0. The highest BCUT2D eigenvalue weighted by atomic mass is 79.9. The van der Waals surface area contributed by atoms with Crippen molar-refractivity contribution >= 4 is 47.8 Å². The van der Waals surface area contributed by atoms with Crippen LogP contribution in [-0.4, -0.2) is 43.8 Å². The number of rotatable bonds is 14. The number of hydrogen-bond acceptors (Lipinski definition) is 6. The van der Waals surface area contributed by atoms with Gasteiger partial charge < -0.3 is 38.2 Å². The topological polar surface area (TPSA) is 92.0 Å². The number of imidazole rings is 1. The number of hydrogen-bond donors (Lipinski definition) is 2. The van der Waals surface area contributed by atoms with Crippen LogP contribution in [0.25, 0.3) is 0 Å². The van der Waals surface area contributed by atoms with E-state index in [0.29, 0.717) is 13.1 Å². The lowest BCUT2D eigenvalue weighted by Gasteiger charge is -2.38. The van der Waals surface area contributed by atoms with Crippen LogP contribution in [0.3, 0.4) is 0 Å². The maximum Gasteiger partial charge on any atom is 0.421 e. The molecule has 8 nitrogen and oxygen atoms in total. The van der Waals surface area contributed by atoms with Crippen molar-refractivity contribution in [2.75, 3.05) is 49.1 Å². The van der Waals surface area contributed by atoms with Gasteiger partial charge in [-0.2, -0.15) is 0 Å². The summed E-state index contributed by atoms with van der Waals surface area (Å²) in [6, 6.07) is 6.30. The van der Waals surface area contributed by atoms with E-state index in [1.54, 1.807) is 0 Å². The Kier molecular flexibility index (Phi) is 17.4. The lowest BCUT2D eigenvalue weighted by atomic mass is 10.1. The molecule has 0 saturated carbocycles. The fourth-order valence-electron chi connectivity index (χ4n) is 4.15. The normalized spacial score (nSPS) is 12.4. The molecule has 3 rings (SSSR count). The Balaban J connectivity index is 0.00000408. The number of halogens is 3. The minimum absolute atomic E-state index is 0. The molecular weight excluding hydrogens is 563 g/mol. The molecule has 1 aromatic heterocycles. The minimum atomic E-state index is 0. The first-order chi connectivity index (χ1) is 16.2. The third kappa shape index (κ3) is 9.19. The number of benzene rings is 1. The van der Waals surface area contributed by atoms with Crippen LogP contribution in [0.2, 0.25) is 0 Å². The second kappa shape index (κ2) is 18.4. The van der Waals surface area contributed by atoms with Gasteiger partial charge in [-0.3, -0.25) is 0 Å². The summed E-state index contributed by atoms with van der Waals surface area (Å²) in [5.74, 6) is 0.859. The molecule has 0 unspecified atom stereocenters. The lowest BCUT2D eigenvalue weighted by Crippen LogP contribution is -3.00. The van der Waals surface area contributed by atoms with Gasteiger partial charge in [-0.25, -0.2) is 9.13 Å². The number of fused-ring (bicyclic) bond motifs is 1. The van der Waals surface area contributed by atoms with E-state index < -0.39 is 0 Å². The summed E-state index contributed by atoms with van der Waals surface area (Å²) in [6.45, 7) is 14.5. The van der Waals surface area contributed by atoms with Crippen LogP contribution in [0.1, 0.15) is 25.7 Å². The van der Waals surface area contributed by atoms with Gasteiger partial charge in [-0.1, -0.05) is 17.3 Å². The van der Waals surface area contributed by atoms with Crippen LogP contribution in [0.15, 0.2) is 66.1 Å². The van der Waals surface area contributed by atoms with Gasteiger partial charge in [-0.05, 0) is 57.0 Å². The number of unbranched alkanes of at least 4 members (excludes halogenated alkanes) is 2. The van der Waals surface area contributed by atoms with E-state index in [-0.39, 0.29) is 41.8 Å². The van der Waals surface area contributed by atoms with Crippen molar-refractivity contribution in [1.82, 2.24) is 4.57 Å². The molecule has 0 amide bonds. The highest BCUT2D eigenvalue weighted by Crippen LogP contribution is 2.36. The molecule has 0 fully saturated rings. The molecule has 0 bridgehead atoms. The summed E-state index contributed by atoms with van der Waals surface area (Å²) in [5, 5.41) is 9.33. The molecule has 0 saturated heterocycles. The zero-order valence-corrected chi connectivity index (χ0v) is 24.2. The van der Waals surface area contributed by atoms with Crippen LogP contribution < -0.4 is 42.8 Å². The standard InChI is InChI=1S/C25H39N8.BrH.2ClH/c1-3-13-30-17-18-31(14-4-2)24-21-22(9-10-23(24)30)28-29-25-32(15-7-5-11-26)19-20-33(25)16-8-6-12-27;;;/h3-4,9-10,19-21H,1-2,5-8,11-18,26-27H2;3*1H/q+1;;;/p-1. The fraction of sp³-hybridized carbons (Fsp3) is 0.480. The number of aromatic nitrogens is 2. The molecule has 1 aliphatic heterocycles. The summed E-state index contributed by atoms with van der Waals surface area (Å²) >= 11 is 0. The molecule has 4 N–H and O–H groups in total. The highest BCUT2D eigenvalue weighted by Gasteiger charge is 2.22. The monoisotopic (exact) mass is 602 g/mol. The Morgan fingerprint density at radius 1 is 0.889 bits per heavy atom.